The summed E-state index contributed by atoms with van der Waals surface area (Å²) in [5, 5.41) is 11.2. The number of hydrogen-bond donors (Lipinski definition) is 3. The van der Waals surface area contributed by atoms with E-state index in [1.807, 2.05) is 0 Å². The van der Waals surface area contributed by atoms with Crippen molar-refractivity contribution in [3.8, 4) is 0 Å². The molecule has 0 fully saturated rings. The monoisotopic (exact) mass is 516 g/mol. The van der Waals surface area contributed by atoms with Gasteiger partial charge < -0.3 is 25.3 Å². The summed E-state index contributed by atoms with van der Waals surface area (Å²) < 4.78 is 63.3. The Labute approximate surface area is 199 Å². The van der Waals surface area contributed by atoms with Crippen molar-refractivity contribution in [1.82, 2.24) is 15.3 Å². The highest BCUT2D eigenvalue weighted by Gasteiger charge is 2.56. The van der Waals surface area contributed by atoms with Crippen molar-refractivity contribution in [3.63, 3.8) is 0 Å². The molecule has 9 nitrogen and oxygen atoms in total. The van der Waals surface area contributed by atoms with Gasteiger partial charge in [-0.15, -0.1) is 0 Å². The zero-order valence-corrected chi connectivity index (χ0v) is 18.4. The molecule has 4 N–H and O–H groups in total. The molecule has 1 aromatic carbocycles. The number of alkyl halides is 4. The fourth-order valence-electron chi connectivity index (χ4n) is 2.82. The minimum absolute atomic E-state index is 0.00265. The van der Waals surface area contributed by atoms with Crippen LogP contribution in [-0.2, 0) is 16.1 Å². The number of rotatable bonds is 9. The number of hydrogen-bond acceptors (Lipinski definition) is 8. The molecule has 0 aliphatic rings. The third-order valence-corrected chi connectivity index (χ3v) is 4.83. The fourth-order valence-corrected chi connectivity index (χ4v) is 3.04. The van der Waals surface area contributed by atoms with Crippen LogP contribution < -0.4 is 11.1 Å². The Morgan fingerprint density at radius 3 is 2.49 bits per heavy atom. The van der Waals surface area contributed by atoms with E-state index < -0.39 is 42.5 Å². The molecule has 0 saturated heterocycles. The second-order valence-electron chi connectivity index (χ2n) is 7.06. The number of carbonyl (C=O) groups excluding carboxylic acids is 2. The Hall–Kier alpha value is -3.71. The van der Waals surface area contributed by atoms with Gasteiger partial charge in [0.05, 0.1) is 12.1 Å². The van der Waals surface area contributed by atoms with E-state index in [2.05, 4.69) is 20.0 Å². The number of benzene rings is 1. The molecule has 186 valence electrons. The number of halogens is 5. The number of nitrogens with one attached hydrogen (secondary N) is 1. The van der Waals surface area contributed by atoms with Crippen LogP contribution in [0.1, 0.15) is 21.9 Å². The summed E-state index contributed by atoms with van der Waals surface area (Å²) in [6, 6.07) is 5.40. The van der Waals surface area contributed by atoms with Crippen molar-refractivity contribution < 1.29 is 41.4 Å². The Kier molecular flexibility index (Phi) is 7.60. The Balaban J connectivity index is 1.77. The summed E-state index contributed by atoms with van der Waals surface area (Å²) in [6.07, 6.45) is 3.86. The quantitative estimate of drug-likeness (QED) is 0.224. The highest BCUT2D eigenvalue weighted by molar-refractivity contribution is 6.32. The number of carbonyl (C=O) groups is 2. The summed E-state index contributed by atoms with van der Waals surface area (Å²) in [5.41, 5.74) is 4.93. The van der Waals surface area contributed by atoms with Crippen LogP contribution in [0.15, 0.2) is 47.3 Å². The number of nitrogens with zero attached hydrogens (tertiary/aromatic N) is 2. The van der Waals surface area contributed by atoms with Gasteiger partial charge in [-0.2, -0.15) is 17.6 Å². The maximum absolute atomic E-state index is 13.6. The van der Waals surface area contributed by atoms with Gasteiger partial charge in [0.2, 0.25) is 0 Å². The van der Waals surface area contributed by atoms with E-state index in [0.29, 0.717) is 0 Å². The van der Waals surface area contributed by atoms with E-state index in [9.17, 15) is 27.2 Å². The van der Waals surface area contributed by atoms with Crippen LogP contribution in [0.3, 0.4) is 0 Å². The van der Waals surface area contributed by atoms with Gasteiger partial charge in [0, 0.05) is 29.0 Å². The Bertz CT molecular complexity index is 1270. The summed E-state index contributed by atoms with van der Waals surface area (Å²) in [4.78, 5) is 32.7. The summed E-state index contributed by atoms with van der Waals surface area (Å²) in [5.74, 6) is -11.4. The predicted molar refractivity (Wildman–Crippen MR) is 115 cm³/mol. The summed E-state index contributed by atoms with van der Waals surface area (Å²) in [7, 11) is 0. The second-order valence-corrected chi connectivity index (χ2v) is 7.50. The summed E-state index contributed by atoms with van der Waals surface area (Å²) >= 11 is 5.96. The first-order chi connectivity index (χ1) is 16.5. The number of fused-ring (bicyclic) bond motifs is 1. The molecule has 0 aliphatic heterocycles. The fraction of sp³-hybridized carbons (Fsp3) is 0.238. The third-order valence-electron chi connectivity index (χ3n) is 4.61. The van der Waals surface area contributed by atoms with Gasteiger partial charge in [0.15, 0.2) is 12.4 Å². The lowest BCUT2D eigenvalue weighted by Crippen LogP contribution is -2.47. The smallest absolute Gasteiger partial charge is 0.345 e. The average Bonchev–Trinajstić information content (AvgIpc) is 3.24. The van der Waals surface area contributed by atoms with Crippen LogP contribution >= 0.6 is 11.6 Å². The molecule has 0 aliphatic carbocycles. The first-order valence-electron chi connectivity index (χ1n) is 9.72. The van der Waals surface area contributed by atoms with Crippen LogP contribution in [0.25, 0.3) is 16.5 Å². The molecule has 0 unspecified atom stereocenters. The van der Waals surface area contributed by atoms with E-state index in [1.54, 1.807) is 6.07 Å². The molecule has 3 rings (SSSR count). The molecular formula is C21H17ClF4N4O5. The first-order valence-corrected chi connectivity index (χ1v) is 10.1. The molecule has 2 heterocycles. The normalized spacial score (nSPS) is 12.6. The van der Waals surface area contributed by atoms with E-state index >= 15 is 0 Å². The van der Waals surface area contributed by atoms with Gasteiger partial charge in [0.25, 0.3) is 5.91 Å². The van der Waals surface area contributed by atoms with Crippen molar-refractivity contribution in [2.24, 2.45) is 5.73 Å². The van der Waals surface area contributed by atoms with Crippen LogP contribution in [0.4, 0.5) is 17.6 Å². The zero-order valence-electron chi connectivity index (χ0n) is 17.6. The van der Waals surface area contributed by atoms with Crippen molar-refractivity contribution in [1.29, 1.82) is 0 Å². The molecule has 2 aromatic heterocycles. The van der Waals surface area contributed by atoms with Gasteiger partial charge in [-0.05, 0) is 24.3 Å². The molecule has 1 amide bonds. The van der Waals surface area contributed by atoms with E-state index in [4.69, 9.17) is 26.9 Å². The van der Waals surface area contributed by atoms with Crippen LogP contribution in [-0.4, -0.2) is 52.0 Å². The molecule has 0 atom stereocenters. The number of aliphatic hydroxyl groups is 1. The Morgan fingerprint density at radius 2 is 1.86 bits per heavy atom. The van der Waals surface area contributed by atoms with Crippen molar-refractivity contribution >= 4 is 40.0 Å². The first kappa shape index (κ1) is 25.9. The van der Waals surface area contributed by atoms with Crippen LogP contribution in [0.2, 0.25) is 5.02 Å². The molecule has 3 aromatic rings. The van der Waals surface area contributed by atoms with E-state index in [1.165, 1.54) is 24.5 Å². The maximum atomic E-state index is 13.6. The molecule has 35 heavy (non-hydrogen) atoms. The topological polar surface area (TPSA) is 141 Å². The molecule has 0 bridgehead atoms. The van der Waals surface area contributed by atoms with E-state index in [-0.39, 0.29) is 39.7 Å². The van der Waals surface area contributed by atoms with Crippen molar-refractivity contribution in [2.75, 3.05) is 13.2 Å². The standard InChI is InChI=1S/C21H17ClF4N4O5/c22-12-4-11-5-13(8-30-18(32)15(7-27)17-28-2-1-3-29-17)35-16(11)14(6-12)19(33)34-10-21(25,26)20(23,24)9-31/h1-7,31H,8-10,27H2,(H,30,32)/b15-7+. The van der Waals surface area contributed by atoms with Crippen molar-refractivity contribution in [3.05, 3.63) is 65.0 Å². The highest BCUT2D eigenvalue weighted by atomic mass is 35.5. The maximum Gasteiger partial charge on any atom is 0.345 e. The van der Waals surface area contributed by atoms with Gasteiger partial charge in [0.1, 0.15) is 23.5 Å². The number of nitrogens with two attached hydrogens (primary N) is 1. The predicted octanol–water partition coefficient (Wildman–Crippen LogP) is 2.91. The number of esters is 1. The lowest BCUT2D eigenvalue weighted by molar-refractivity contribution is -0.239. The number of furan rings is 1. The Morgan fingerprint density at radius 1 is 1.17 bits per heavy atom. The second kappa shape index (κ2) is 10.3. The number of amides is 1. The average molecular weight is 517 g/mol. The lowest BCUT2D eigenvalue weighted by atomic mass is 10.1. The number of ether oxygens (including phenoxy) is 1. The lowest BCUT2D eigenvalue weighted by Gasteiger charge is -2.24. The van der Waals surface area contributed by atoms with Gasteiger partial charge >= 0.3 is 17.8 Å². The molecule has 0 saturated carbocycles. The SMILES string of the molecule is N/C=C(/C(=O)NCc1cc2cc(Cl)cc(C(=O)OCC(F)(F)C(F)(F)CO)c2o1)c1ncccn1. The van der Waals surface area contributed by atoms with Gasteiger partial charge in [-0.3, -0.25) is 4.79 Å². The molecule has 0 radical (unpaired) electrons. The minimum Gasteiger partial charge on any atom is -0.458 e. The molecule has 14 heteroatoms. The third kappa shape index (κ3) is 5.69. The summed E-state index contributed by atoms with van der Waals surface area (Å²) in [6.45, 7) is -4.32. The molecule has 0 spiro atoms. The number of aliphatic hydroxyl groups excluding tert-OH is 1. The van der Waals surface area contributed by atoms with Gasteiger partial charge in [-0.25, -0.2) is 14.8 Å². The van der Waals surface area contributed by atoms with Crippen LogP contribution in [0, 0.1) is 0 Å². The number of aromatic nitrogens is 2. The highest BCUT2D eigenvalue weighted by Crippen LogP contribution is 2.35. The minimum atomic E-state index is -4.82. The van der Waals surface area contributed by atoms with Gasteiger partial charge in [-0.1, -0.05) is 11.6 Å². The zero-order chi connectivity index (χ0) is 25.8. The molecular weight excluding hydrogens is 500 g/mol. The van der Waals surface area contributed by atoms with Crippen molar-refractivity contribution in [2.45, 2.75) is 18.4 Å². The van der Waals surface area contributed by atoms with E-state index in [0.717, 1.165) is 12.3 Å². The largest absolute Gasteiger partial charge is 0.458 e. The van der Waals surface area contributed by atoms with Crippen LogP contribution in [0.5, 0.6) is 0 Å².